The van der Waals surface area contributed by atoms with E-state index in [2.05, 4.69) is 32.6 Å². The van der Waals surface area contributed by atoms with Crippen LogP contribution in [0.4, 0.5) is 0 Å². The normalized spacial score (nSPS) is 34.8. The Bertz CT molecular complexity index is 148. The van der Waals surface area contributed by atoms with E-state index in [4.69, 9.17) is 5.73 Å². The van der Waals surface area contributed by atoms with Gasteiger partial charge >= 0.3 is 0 Å². The third-order valence-electron chi connectivity index (χ3n) is 3.68. The average Bonchev–Trinajstić information content (AvgIpc) is 2.44. The second-order valence-electron chi connectivity index (χ2n) is 4.72. The molecule has 0 aromatic heterocycles. The van der Waals surface area contributed by atoms with Gasteiger partial charge < -0.3 is 5.73 Å². The zero-order valence-electron chi connectivity index (χ0n) is 9.46. The van der Waals surface area contributed by atoms with Crippen molar-refractivity contribution < 1.29 is 0 Å². The molecule has 1 aliphatic heterocycles. The van der Waals surface area contributed by atoms with Crippen molar-refractivity contribution in [2.75, 3.05) is 13.1 Å². The van der Waals surface area contributed by atoms with Crippen molar-refractivity contribution in [3.8, 4) is 0 Å². The number of hydrogen-bond donors (Lipinski definition) is 1. The van der Waals surface area contributed by atoms with Crippen LogP contribution in [-0.4, -0.2) is 30.1 Å². The smallest absolute Gasteiger partial charge is 0.0219 e. The molecule has 0 amide bonds. The maximum atomic E-state index is 6.05. The summed E-state index contributed by atoms with van der Waals surface area (Å²) in [5.41, 5.74) is 6.05. The molecule has 2 N–H and O–H groups in total. The van der Waals surface area contributed by atoms with Crippen LogP contribution in [0.2, 0.25) is 0 Å². The van der Waals surface area contributed by atoms with Crippen LogP contribution in [-0.2, 0) is 0 Å². The molecule has 0 spiro atoms. The highest BCUT2D eigenvalue weighted by molar-refractivity contribution is 4.86. The molecule has 13 heavy (non-hydrogen) atoms. The molecule has 0 aromatic rings. The largest absolute Gasteiger partial charge is 0.326 e. The van der Waals surface area contributed by atoms with Crippen LogP contribution < -0.4 is 5.73 Å². The Morgan fingerprint density at radius 3 is 2.15 bits per heavy atom. The fraction of sp³-hybridized carbons (Fsp3) is 1.00. The lowest BCUT2D eigenvalue weighted by Gasteiger charge is -2.28. The van der Waals surface area contributed by atoms with Crippen molar-refractivity contribution in [2.45, 2.75) is 46.2 Å². The third-order valence-corrected chi connectivity index (χ3v) is 3.68. The minimum Gasteiger partial charge on any atom is -0.326 e. The number of likely N-dealkylation sites (tertiary alicyclic amines) is 1. The van der Waals surface area contributed by atoms with E-state index in [1.165, 1.54) is 13.1 Å². The van der Waals surface area contributed by atoms with Gasteiger partial charge in [-0.05, 0) is 25.2 Å². The van der Waals surface area contributed by atoms with Gasteiger partial charge in [0.2, 0.25) is 0 Å². The van der Waals surface area contributed by atoms with Gasteiger partial charge in [-0.25, -0.2) is 0 Å². The van der Waals surface area contributed by atoms with Crippen molar-refractivity contribution in [1.29, 1.82) is 0 Å². The van der Waals surface area contributed by atoms with Gasteiger partial charge in [0.05, 0.1) is 0 Å². The minimum absolute atomic E-state index is 0.345. The number of rotatable bonds is 3. The van der Waals surface area contributed by atoms with Crippen molar-refractivity contribution >= 4 is 0 Å². The molecule has 0 saturated carbocycles. The van der Waals surface area contributed by atoms with E-state index in [1.54, 1.807) is 0 Å². The molecule has 1 heterocycles. The van der Waals surface area contributed by atoms with Crippen molar-refractivity contribution in [1.82, 2.24) is 4.90 Å². The third kappa shape index (κ3) is 2.44. The molecule has 2 heteroatoms. The van der Waals surface area contributed by atoms with Crippen LogP contribution >= 0.6 is 0 Å². The van der Waals surface area contributed by atoms with E-state index < -0.39 is 0 Å². The topological polar surface area (TPSA) is 29.3 Å². The van der Waals surface area contributed by atoms with Crippen molar-refractivity contribution in [3.05, 3.63) is 0 Å². The molecule has 0 radical (unpaired) electrons. The maximum Gasteiger partial charge on any atom is 0.0219 e. The number of nitrogens with zero attached hydrogens (tertiary/aromatic N) is 1. The van der Waals surface area contributed by atoms with Crippen LogP contribution in [0, 0.1) is 11.8 Å². The molecule has 1 saturated heterocycles. The standard InChI is InChI=1S/C11H24N2/c1-5-11(12)10(4)13-6-8(2)9(3)7-13/h8-11H,5-7,12H2,1-4H3. The first kappa shape index (κ1) is 11.0. The van der Waals surface area contributed by atoms with Gasteiger partial charge in [-0.1, -0.05) is 20.8 Å². The van der Waals surface area contributed by atoms with E-state index >= 15 is 0 Å². The first-order valence-electron chi connectivity index (χ1n) is 5.55. The molecular weight excluding hydrogens is 160 g/mol. The van der Waals surface area contributed by atoms with Gasteiger partial charge in [-0.15, -0.1) is 0 Å². The van der Waals surface area contributed by atoms with E-state index in [0.717, 1.165) is 18.3 Å². The Hall–Kier alpha value is -0.0800. The van der Waals surface area contributed by atoms with Gasteiger partial charge in [-0.3, -0.25) is 4.90 Å². The quantitative estimate of drug-likeness (QED) is 0.723. The second-order valence-corrected chi connectivity index (χ2v) is 4.72. The second kappa shape index (κ2) is 4.43. The van der Waals surface area contributed by atoms with Gasteiger partial charge in [-0.2, -0.15) is 0 Å². The summed E-state index contributed by atoms with van der Waals surface area (Å²) in [6.45, 7) is 11.6. The zero-order chi connectivity index (χ0) is 10.0. The van der Waals surface area contributed by atoms with Crippen LogP contribution in [0.3, 0.4) is 0 Å². The fourth-order valence-electron chi connectivity index (χ4n) is 2.12. The molecule has 0 bridgehead atoms. The molecule has 1 fully saturated rings. The summed E-state index contributed by atoms with van der Waals surface area (Å²) in [6, 6.07) is 0.898. The lowest BCUT2D eigenvalue weighted by molar-refractivity contribution is 0.214. The fourth-order valence-corrected chi connectivity index (χ4v) is 2.12. The maximum absolute atomic E-state index is 6.05. The molecule has 4 atom stereocenters. The molecule has 2 nitrogen and oxygen atoms in total. The summed E-state index contributed by atoms with van der Waals surface area (Å²) in [5, 5.41) is 0. The van der Waals surface area contributed by atoms with Crippen LogP contribution in [0.1, 0.15) is 34.1 Å². The highest BCUT2D eigenvalue weighted by atomic mass is 15.2. The predicted molar refractivity (Wildman–Crippen MR) is 57.6 cm³/mol. The van der Waals surface area contributed by atoms with Crippen LogP contribution in [0.15, 0.2) is 0 Å². The van der Waals surface area contributed by atoms with Crippen molar-refractivity contribution in [2.24, 2.45) is 17.6 Å². The summed E-state index contributed by atoms with van der Waals surface area (Å²) in [4.78, 5) is 2.55. The lowest BCUT2D eigenvalue weighted by Crippen LogP contribution is -2.44. The van der Waals surface area contributed by atoms with Gasteiger partial charge in [0.25, 0.3) is 0 Å². The summed E-state index contributed by atoms with van der Waals surface area (Å²) in [6.07, 6.45) is 1.08. The monoisotopic (exact) mass is 184 g/mol. The van der Waals surface area contributed by atoms with Crippen LogP contribution in [0.5, 0.6) is 0 Å². The SMILES string of the molecule is CCC(N)C(C)N1CC(C)C(C)C1. The summed E-state index contributed by atoms with van der Waals surface area (Å²) >= 11 is 0. The molecule has 1 aliphatic rings. The number of nitrogens with two attached hydrogens (primary N) is 1. The Morgan fingerprint density at radius 2 is 1.77 bits per heavy atom. The van der Waals surface area contributed by atoms with Gasteiger partial charge in [0.1, 0.15) is 0 Å². The van der Waals surface area contributed by atoms with Crippen LogP contribution in [0.25, 0.3) is 0 Å². The molecule has 4 unspecified atom stereocenters. The van der Waals surface area contributed by atoms with E-state index in [9.17, 15) is 0 Å². The summed E-state index contributed by atoms with van der Waals surface area (Å²) in [7, 11) is 0. The van der Waals surface area contributed by atoms with E-state index in [-0.39, 0.29) is 0 Å². The highest BCUT2D eigenvalue weighted by Gasteiger charge is 2.30. The Kier molecular flexibility index (Phi) is 3.74. The first-order valence-corrected chi connectivity index (χ1v) is 5.55. The molecule has 0 aliphatic carbocycles. The first-order chi connectivity index (χ1) is 6.06. The summed E-state index contributed by atoms with van der Waals surface area (Å²) < 4.78 is 0. The number of hydrogen-bond acceptors (Lipinski definition) is 2. The highest BCUT2D eigenvalue weighted by Crippen LogP contribution is 2.24. The lowest BCUT2D eigenvalue weighted by atomic mass is 10.0. The van der Waals surface area contributed by atoms with E-state index in [0.29, 0.717) is 12.1 Å². The zero-order valence-corrected chi connectivity index (χ0v) is 9.46. The molecule has 0 aromatic carbocycles. The average molecular weight is 184 g/mol. The van der Waals surface area contributed by atoms with Crippen molar-refractivity contribution in [3.63, 3.8) is 0 Å². The van der Waals surface area contributed by atoms with E-state index in [1.807, 2.05) is 0 Å². The minimum atomic E-state index is 0.345. The molecule has 78 valence electrons. The van der Waals surface area contributed by atoms with Gasteiger partial charge in [0.15, 0.2) is 0 Å². The molecular formula is C11H24N2. The Morgan fingerprint density at radius 1 is 1.31 bits per heavy atom. The Labute approximate surface area is 82.5 Å². The molecule has 1 rings (SSSR count). The summed E-state index contributed by atoms with van der Waals surface area (Å²) in [5.74, 6) is 1.68. The predicted octanol–water partition coefficient (Wildman–Crippen LogP) is 1.70. The van der Waals surface area contributed by atoms with Gasteiger partial charge in [0, 0.05) is 25.2 Å². The Balaban J connectivity index is 2.45.